The highest BCUT2D eigenvalue weighted by molar-refractivity contribution is 7.16. The van der Waals surface area contributed by atoms with Crippen LogP contribution < -0.4 is 4.90 Å². The molecule has 2 aliphatic rings. The van der Waals surface area contributed by atoms with Crippen molar-refractivity contribution in [3.8, 4) is 0 Å². The van der Waals surface area contributed by atoms with E-state index >= 15 is 14.4 Å². The summed E-state index contributed by atoms with van der Waals surface area (Å²) in [7, 11) is 0. The molecule has 2 heterocycles. The second-order valence-electron chi connectivity index (χ2n) is 20.8. The zero-order chi connectivity index (χ0) is 49.2. The van der Waals surface area contributed by atoms with Gasteiger partial charge in [-0.25, -0.2) is 4.98 Å². The van der Waals surface area contributed by atoms with E-state index in [2.05, 4.69) is 60.3 Å². The zero-order valence-electron chi connectivity index (χ0n) is 42.8. The van der Waals surface area contributed by atoms with Crippen molar-refractivity contribution in [1.82, 2.24) is 19.9 Å². The van der Waals surface area contributed by atoms with E-state index in [-0.39, 0.29) is 46.5 Å². The normalized spacial score (nSPS) is 20.8. The third-order valence-electron chi connectivity index (χ3n) is 13.5. The Bertz CT molecular complexity index is 2070. The summed E-state index contributed by atoms with van der Waals surface area (Å²) in [4.78, 5) is 97.9. The first kappa shape index (κ1) is 54.2. The smallest absolute Gasteiger partial charge is 0.286 e. The second-order valence-corrected chi connectivity index (χ2v) is 21.9. The van der Waals surface area contributed by atoms with Crippen LogP contribution in [0.25, 0.3) is 6.08 Å². The molecule has 0 N–H and O–H groups in total. The summed E-state index contributed by atoms with van der Waals surface area (Å²) in [6.45, 7) is 29.4. The number of hydrogen-bond acceptors (Lipinski definition) is 9. The van der Waals surface area contributed by atoms with Gasteiger partial charge in [0.1, 0.15) is 5.57 Å². The zero-order valence-corrected chi connectivity index (χ0v) is 43.6. The van der Waals surface area contributed by atoms with E-state index in [9.17, 15) is 14.4 Å². The highest BCUT2D eigenvalue weighted by Gasteiger charge is 2.50. The number of anilines is 1. The van der Waals surface area contributed by atoms with Gasteiger partial charge in [-0.1, -0.05) is 151 Å². The molecular formula is C54H81N5O6S. The van der Waals surface area contributed by atoms with E-state index in [1.165, 1.54) is 35.3 Å². The number of amides is 6. The minimum Gasteiger partial charge on any atom is -0.348 e. The molecule has 12 heteroatoms. The molecule has 0 radical (unpaired) electrons. The number of imide groups is 3. The van der Waals surface area contributed by atoms with Crippen molar-refractivity contribution in [3.63, 3.8) is 0 Å². The highest BCUT2D eigenvalue weighted by Crippen LogP contribution is 2.42. The van der Waals surface area contributed by atoms with E-state index in [0.717, 1.165) is 95.0 Å². The Morgan fingerprint density at radius 3 is 1.82 bits per heavy atom. The van der Waals surface area contributed by atoms with Gasteiger partial charge in [-0.3, -0.25) is 33.7 Å². The van der Waals surface area contributed by atoms with Crippen molar-refractivity contribution >= 4 is 58.0 Å². The fraction of sp³-hybridized carbons (Fsp3) is 0.648. The van der Waals surface area contributed by atoms with Crippen LogP contribution in [0.15, 0.2) is 47.1 Å². The van der Waals surface area contributed by atoms with Gasteiger partial charge < -0.3 is 4.90 Å². The molecule has 1 fully saturated rings. The lowest BCUT2D eigenvalue weighted by Crippen LogP contribution is -2.60. The number of carbonyl (C=O) groups excluding carboxylic acids is 6. The number of nitrogens with zero attached hydrogens (tertiary/aromatic N) is 5. The molecule has 1 aromatic heterocycles. The maximum Gasteiger partial charge on any atom is 0.286 e. The summed E-state index contributed by atoms with van der Waals surface area (Å²) in [5, 5.41) is 1.94. The second kappa shape index (κ2) is 24.0. The number of benzene rings is 1. The third-order valence-corrected chi connectivity index (χ3v) is 14.6. The minimum atomic E-state index is -1.12. The maximum atomic E-state index is 15.5. The Hall–Kier alpha value is -4.45. The fourth-order valence-electron chi connectivity index (χ4n) is 10.2. The van der Waals surface area contributed by atoms with Crippen molar-refractivity contribution in [2.45, 2.75) is 179 Å². The van der Waals surface area contributed by atoms with Crippen LogP contribution in [0.5, 0.6) is 0 Å². The predicted molar refractivity (Wildman–Crippen MR) is 267 cm³/mol. The summed E-state index contributed by atoms with van der Waals surface area (Å²) < 4.78 is 0. The number of thiazole rings is 1. The fourth-order valence-corrected chi connectivity index (χ4v) is 11.4. The lowest BCUT2D eigenvalue weighted by Gasteiger charge is -2.44. The number of carbonyl (C=O) groups is 6. The molecule has 0 bridgehead atoms. The van der Waals surface area contributed by atoms with Crippen LogP contribution >= 0.6 is 11.3 Å². The summed E-state index contributed by atoms with van der Waals surface area (Å²) in [5.74, 6) is -4.13. The van der Waals surface area contributed by atoms with Crippen molar-refractivity contribution in [3.05, 3.63) is 63.2 Å². The molecule has 0 spiro atoms. The summed E-state index contributed by atoms with van der Waals surface area (Å²) >= 11 is 1.49. The van der Waals surface area contributed by atoms with Crippen LogP contribution in [0.1, 0.15) is 188 Å². The van der Waals surface area contributed by atoms with Crippen molar-refractivity contribution < 1.29 is 28.8 Å². The average Bonchev–Trinajstić information content (AvgIpc) is 3.68. The van der Waals surface area contributed by atoms with Gasteiger partial charge in [0.25, 0.3) is 23.6 Å². The highest BCUT2D eigenvalue weighted by atomic mass is 32.1. The first-order chi connectivity index (χ1) is 31.1. The number of rotatable bonds is 20. The molecule has 4 unspecified atom stereocenters. The van der Waals surface area contributed by atoms with Crippen LogP contribution in [0.2, 0.25) is 0 Å². The first-order valence-corrected chi connectivity index (χ1v) is 25.8. The quantitative estimate of drug-likeness (QED) is 0.0729. The van der Waals surface area contributed by atoms with Crippen LogP contribution in [0, 0.1) is 35.5 Å². The van der Waals surface area contributed by atoms with Gasteiger partial charge in [-0.05, 0) is 91.4 Å². The van der Waals surface area contributed by atoms with E-state index in [0.29, 0.717) is 32.6 Å². The van der Waals surface area contributed by atoms with Gasteiger partial charge in [0, 0.05) is 49.5 Å². The Labute approximate surface area is 400 Å². The van der Waals surface area contributed by atoms with Crippen LogP contribution in [-0.2, 0) is 29.4 Å². The van der Waals surface area contributed by atoms with E-state index in [1.54, 1.807) is 24.3 Å². The molecule has 364 valence electrons. The van der Waals surface area contributed by atoms with Gasteiger partial charge in [0.05, 0.1) is 10.6 Å². The van der Waals surface area contributed by atoms with Crippen molar-refractivity contribution in [2.75, 3.05) is 18.0 Å². The van der Waals surface area contributed by atoms with Crippen LogP contribution in [0.3, 0.4) is 0 Å². The average molecular weight is 928 g/mol. The molecular weight excluding hydrogens is 847 g/mol. The Morgan fingerprint density at radius 2 is 1.36 bits per heavy atom. The lowest BCUT2D eigenvalue weighted by atomic mass is 9.72. The monoisotopic (exact) mass is 928 g/mol. The minimum absolute atomic E-state index is 0.0108. The first-order valence-electron chi connectivity index (χ1n) is 25.0. The topological polar surface area (TPSA) is 128 Å². The predicted octanol–water partition coefficient (Wildman–Crippen LogP) is 11.8. The molecule has 1 aliphatic carbocycles. The van der Waals surface area contributed by atoms with Crippen LogP contribution in [-0.4, -0.2) is 74.5 Å². The van der Waals surface area contributed by atoms with Crippen molar-refractivity contribution in [1.29, 1.82) is 0 Å². The molecule has 6 amide bonds. The number of aromatic nitrogens is 1. The van der Waals surface area contributed by atoms with Crippen LogP contribution in [0.4, 0.5) is 5.13 Å². The third kappa shape index (κ3) is 13.0. The van der Waals surface area contributed by atoms with Crippen molar-refractivity contribution in [2.24, 2.45) is 35.5 Å². The summed E-state index contributed by atoms with van der Waals surface area (Å²) in [5.41, 5.74) is 0.145. The molecule has 2 aromatic rings. The SMILES string of the molecule is CCCCC(CC)CN(CC(CC)CCCC)c1nc(C(C)(C)C)c(/C=C2\C(=O)N(N(C(C)=O)C(=O)c3ccccc3)C(=O)C(C(=O)N(C(C)=O)C3C(C)CC(C)CC3C)=C2CC(C)C)s1. The number of hydrogen-bond donors (Lipinski definition) is 0. The van der Waals surface area contributed by atoms with Gasteiger partial charge in [-0.2, -0.15) is 10.0 Å². The van der Waals surface area contributed by atoms with E-state index < -0.39 is 46.9 Å². The molecule has 0 saturated heterocycles. The molecule has 4 atom stereocenters. The summed E-state index contributed by atoms with van der Waals surface area (Å²) in [6.07, 6.45) is 12.3. The molecule has 1 aliphatic heterocycles. The Morgan fingerprint density at radius 1 is 0.818 bits per heavy atom. The van der Waals surface area contributed by atoms with Gasteiger partial charge in [0.2, 0.25) is 11.8 Å². The number of unbranched alkanes of at least 4 members (excludes halogenated alkanes) is 2. The van der Waals surface area contributed by atoms with E-state index in [4.69, 9.17) is 4.98 Å². The maximum absolute atomic E-state index is 15.5. The Kier molecular flexibility index (Phi) is 19.7. The molecule has 1 aromatic carbocycles. The largest absolute Gasteiger partial charge is 0.348 e. The summed E-state index contributed by atoms with van der Waals surface area (Å²) in [6, 6.07) is 7.46. The molecule has 1 saturated carbocycles. The van der Waals surface area contributed by atoms with E-state index in [1.807, 2.05) is 27.7 Å². The Balaban J connectivity index is 2.11. The lowest BCUT2D eigenvalue weighted by molar-refractivity contribution is -0.165. The van der Waals surface area contributed by atoms with Gasteiger partial charge in [-0.15, -0.1) is 0 Å². The van der Waals surface area contributed by atoms with Gasteiger partial charge >= 0.3 is 0 Å². The molecule has 4 rings (SSSR count). The number of hydrazine groups is 1. The molecule has 66 heavy (non-hydrogen) atoms. The molecule has 11 nitrogen and oxygen atoms in total. The van der Waals surface area contributed by atoms with Gasteiger partial charge in [0.15, 0.2) is 5.13 Å². The standard InChI is InChI=1S/C54H81N5O6S/c1-15-19-24-40(17-3)32-56(33-41(18-4)25-20-16-2)53-55-48(54(12,13)14)45(66-53)31-44-43(28-34(5)6)46(51(64)57(38(10)60)47-36(8)29-35(7)30-37(47)9)52(65)59(50(44)63)58(39(11)61)49(62)42-26-22-21-23-27-42/h21-23,26-27,31,34-37,40-41,47H,15-20,24-25,28-30,32-33H2,1-14H3/b44-31-.